The highest BCUT2D eigenvalue weighted by Gasteiger charge is 2.24. The second-order valence-corrected chi connectivity index (χ2v) is 6.39. The van der Waals surface area contributed by atoms with Crippen molar-refractivity contribution in [2.45, 2.75) is 26.9 Å². The Morgan fingerprint density at radius 3 is 2.95 bits per heavy atom. The Bertz CT molecular complexity index is 752. The summed E-state index contributed by atoms with van der Waals surface area (Å²) in [6, 6.07) is 3.95. The van der Waals surface area contributed by atoms with Gasteiger partial charge in [-0.25, -0.2) is 4.98 Å². The molecule has 1 aliphatic heterocycles. The minimum atomic E-state index is -0.0608. The Kier molecular flexibility index (Phi) is 3.98. The molecule has 1 N–H and O–H groups in total. The molecule has 0 aromatic carbocycles. The van der Waals surface area contributed by atoms with Gasteiger partial charge in [0.25, 0.3) is 5.56 Å². The first-order valence-electron chi connectivity index (χ1n) is 7.18. The molecule has 1 aliphatic rings. The van der Waals surface area contributed by atoms with Gasteiger partial charge in [0.05, 0.1) is 13.1 Å². The Balaban J connectivity index is 1.69. The average Bonchev–Trinajstić information content (AvgIpc) is 3.13. The molecule has 7 heteroatoms. The highest BCUT2D eigenvalue weighted by atomic mass is 32.1. The van der Waals surface area contributed by atoms with Gasteiger partial charge in [-0.2, -0.15) is 0 Å². The molecule has 3 rings (SSSR count). The van der Waals surface area contributed by atoms with Gasteiger partial charge in [0.15, 0.2) is 0 Å². The van der Waals surface area contributed by atoms with Gasteiger partial charge < -0.3 is 10.2 Å². The predicted molar refractivity (Wildman–Crippen MR) is 86.3 cm³/mol. The van der Waals surface area contributed by atoms with Gasteiger partial charge in [-0.3, -0.25) is 14.2 Å². The molecule has 0 saturated carbocycles. The van der Waals surface area contributed by atoms with Crippen LogP contribution in [-0.2, 0) is 17.9 Å². The van der Waals surface area contributed by atoms with Crippen molar-refractivity contribution in [3.8, 4) is 0 Å². The van der Waals surface area contributed by atoms with Crippen molar-refractivity contribution >= 4 is 23.2 Å². The van der Waals surface area contributed by atoms with Gasteiger partial charge in [0.2, 0.25) is 11.9 Å². The number of nitrogens with zero attached hydrogens (tertiary/aromatic N) is 3. The Hall–Kier alpha value is -2.15. The van der Waals surface area contributed by atoms with Gasteiger partial charge in [-0.05, 0) is 25.3 Å². The largest absolute Gasteiger partial charge is 0.350 e. The summed E-state index contributed by atoms with van der Waals surface area (Å²) in [5.74, 6) is 0.536. The number of fused-ring (bicyclic) bond motifs is 1. The summed E-state index contributed by atoms with van der Waals surface area (Å²) in [5.41, 5.74) is 1.39. The lowest BCUT2D eigenvalue weighted by molar-refractivity contribution is -0.119. The minimum absolute atomic E-state index is 0.0102. The van der Waals surface area contributed by atoms with Crippen molar-refractivity contribution in [2.24, 2.45) is 0 Å². The third kappa shape index (κ3) is 2.76. The molecule has 3 heterocycles. The number of carbonyl (C=O) groups excluding carboxylic acids is 1. The molecule has 0 aliphatic carbocycles. The number of aromatic nitrogens is 2. The summed E-state index contributed by atoms with van der Waals surface area (Å²) in [6.45, 7) is 5.59. The normalized spacial score (nSPS) is 13.3. The first kappa shape index (κ1) is 14.8. The van der Waals surface area contributed by atoms with Crippen LogP contribution >= 0.6 is 11.3 Å². The summed E-state index contributed by atoms with van der Waals surface area (Å²) < 4.78 is 1.65. The minimum Gasteiger partial charge on any atom is -0.350 e. The van der Waals surface area contributed by atoms with E-state index in [4.69, 9.17) is 0 Å². The van der Waals surface area contributed by atoms with Crippen LogP contribution in [-0.4, -0.2) is 28.5 Å². The SMILES string of the molecule is Cc1nc2n(c(=O)c1C)CCN2CC(=O)NCc1cccs1. The zero-order valence-corrected chi connectivity index (χ0v) is 13.4. The molecule has 0 atom stereocenters. The lowest BCUT2D eigenvalue weighted by atomic mass is 10.3. The number of carbonyl (C=O) groups is 1. The van der Waals surface area contributed by atoms with Gasteiger partial charge in [0.1, 0.15) is 0 Å². The number of thiophene rings is 1. The molecule has 0 radical (unpaired) electrons. The fraction of sp³-hybridized carbons (Fsp3) is 0.400. The summed E-state index contributed by atoms with van der Waals surface area (Å²) in [5, 5.41) is 4.88. The molecule has 1 amide bonds. The van der Waals surface area contributed by atoms with Crippen LogP contribution in [0.1, 0.15) is 16.1 Å². The third-order valence-corrected chi connectivity index (χ3v) is 4.74. The molecule has 2 aromatic rings. The molecule has 0 spiro atoms. The van der Waals surface area contributed by atoms with Crippen LogP contribution in [0.5, 0.6) is 0 Å². The van der Waals surface area contributed by atoms with Crippen molar-refractivity contribution < 1.29 is 4.79 Å². The summed E-state index contributed by atoms with van der Waals surface area (Å²) >= 11 is 1.62. The fourth-order valence-corrected chi connectivity index (χ4v) is 3.13. The topological polar surface area (TPSA) is 67.2 Å². The van der Waals surface area contributed by atoms with Crippen LogP contribution in [0.25, 0.3) is 0 Å². The Morgan fingerprint density at radius 2 is 2.23 bits per heavy atom. The molecule has 6 nitrogen and oxygen atoms in total. The third-order valence-electron chi connectivity index (χ3n) is 3.87. The number of hydrogen-bond donors (Lipinski definition) is 1. The lowest BCUT2D eigenvalue weighted by Gasteiger charge is -2.17. The molecular formula is C15H18N4O2S. The van der Waals surface area contributed by atoms with E-state index in [1.165, 1.54) is 0 Å². The molecule has 116 valence electrons. The van der Waals surface area contributed by atoms with Gasteiger partial charge in [0, 0.05) is 29.2 Å². The van der Waals surface area contributed by atoms with E-state index in [0.717, 1.165) is 10.6 Å². The van der Waals surface area contributed by atoms with Crippen molar-refractivity contribution in [3.63, 3.8) is 0 Å². The maximum absolute atomic E-state index is 12.2. The summed E-state index contributed by atoms with van der Waals surface area (Å²) in [7, 11) is 0. The van der Waals surface area contributed by atoms with Crippen molar-refractivity contribution in [1.82, 2.24) is 14.9 Å². The first-order chi connectivity index (χ1) is 10.6. The van der Waals surface area contributed by atoms with Crippen LogP contribution in [0.3, 0.4) is 0 Å². The van der Waals surface area contributed by atoms with Gasteiger partial charge >= 0.3 is 0 Å². The zero-order chi connectivity index (χ0) is 15.7. The van der Waals surface area contributed by atoms with Crippen LogP contribution in [0.2, 0.25) is 0 Å². The van der Waals surface area contributed by atoms with E-state index in [1.54, 1.807) is 22.8 Å². The maximum Gasteiger partial charge on any atom is 0.258 e. The van der Waals surface area contributed by atoms with E-state index >= 15 is 0 Å². The van der Waals surface area contributed by atoms with E-state index in [1.807, 2.05) is 29.3 Å². The molecule has 22 heavy (non-hydrogen) atoms. The molecule has 0 unspecified atom stereocenters. The molecule has 0 bridgehead atoms. The van der Waals surface area contributed by atoms with Gasteiger partial charge in [-0.15, -0.1) is 11.3 Å². The number of anilines is 1. The monoisotopic (exact) mass is 318 g/mol. The van der Waals surface area contributed by atoms with E-state index < -0.39 is 0 Å². The lowest BCUT2D eigenvalue weighted by Crippen LogP contribution is -2.36. The smallest absolute Gasteiger partial charge is 0.258 e. The fourth-order valence-electron chi connectivity index (χ4n) is 2.48. The van der Waals surface area contributed by atoms with Gasteiger partial charge in [-0.1, -0.05) is 6.07 Å². The van der Waals surface area contributed by atoms with Crippen molar-refractivity contribution in [1.29, 1.82) is 0 Å². The Labute approximate surface area is 132 Å². The first-order valence-corrected chi connectivity index (χ1v) is 8.06. The van der Waals surface area contributed by atoms with Crippen LogP contribution in [0.4, 0.5) is 5.95 Å². The molecule has 0 saturated heterocycles. The highest BCUT2D eigenvalue weighted by molar-refractivity contribution is 7.09. The predicted octanol–water partition coefficient (Wildman–Crippen LogP) is 1.06. The standard InChI is InChI=1S/C15H18N4O2S/c1-10-11(2)17-15-18(5-6-19(15)14(10)21)9-13(20)16-8-12-4-3-7-22-12/h3-4,7H,5-6,8-9H2,1-2H3,(H,16,20). The average molecular weight is 318 g/mol. The molecule has 0 fully saturated rings. The number of hydrogen-bond acceptors (Lipinski definition) is 5. The second kappa shape index (κ2) is 5.92. The number of amides is 1. The highest BCUT2D eigenvalue weighted by Crippen LogP contribution is 2.17. The summed E-state index contributed by atoms with van der Waals surface area (Å²) in [6.07, 6.45) is 0. The Morgan fingerprint density at radius 1 is 1.41 bits per heavy atom. The van der Waals surface area contributed by atoms with E-state index in [-0.39, 0.29) is 18.0 Å². The van der Waals surface area contributed by atoms with E-state index in [9.17, 15) is 9.59 Å². The van der Waals surface area contributed by atoms with Crippen LogP contribution in [0, 0.1) is 13.8 Å². The van der Waals surface area contributed by atoms with Crippen LogP contribution < -0.4 is 15.8 Å². The van der Waals surface area contributed by atoms with Crippen LogP contribution in [0.15, 0.2) is 22.3 Å². The zero-order valence-electron chi connectivity index (χ0n) is 12.6. The number of nitrogens with one attached hydrogen (secondary N) is 1. The second-order valence-electron chi connectivity index (χ2n) is 5.36. The van der Waals surface area contributed by atoms with E-state index in [2.05, 4.69) is 10.3 Å². The molecular weight excluding hydrogens is 300 g/mol. The number of aryl methyl sites for hydroxylation is 1. The summed E-state index contributed by atoms with van der Waals surface area (Å²) in [4.78, 5) is 31.7. The van der Waals surface area contributed by atoms with E-state index in [0.29, 0.717) is 31.1 Å². The maximum atomic E-state index is 12.2. The quantitative estimate of drug-likeness (QED) is 0.915. The molecule has 2 aromatic heterocycles. The number of rotatable bonds is 4. The van der Waals surface area contributed by atoms with Crippen molar-refractivity contribution in [2.75, 3.05) is 18.0 Å². The van der Waals surface area contributed by atoms with Crippen molar-refractivity contribution in [3.05, 3.63) is 44.0 Å².